The highest BCUT2D eigenvalue weighted by Gasteiger charge is 2.19. The van der Waals surface area contributed by atoms with Gasteiger partial charge in [-0.1, -0.05) is 6.42 Å². The maximum absolute atomic E-state index is 4.44. The third-order valence-corrected chi connectivity index (χ3v) is 5.26. The van der Waals surface area contributed by atoms with Crippen LogP contribution in [0.1, 0.15) is 30.7 Å². The van der Waals surface area contributed by atoms with Crippen LogP contribution < -0.4 is 0 Å². The van der Waals surface area contributed by atoms with E-state index in [1.54, 1.807) is 11.8 Å². The van der Waals surface area contributed by atoms with E-state index in [1.807, 2.05) is 36.7 Å². The van der Waals surface area contributed by atoms with E-state index in [2.05, 4.69) is 27.2 Å². The molecule has 1 fully saturated rings. The van der Waals surface area contributed by atoms with E-state index in [0.717, 1.165) is 28.0 Å². The van der Waals surface area contributed by atoms with Gasteiger partial charge in [0.05, 0.1) is 5.69 Å². The molecule has 0 aliphatic carbocycles. The predicted molar refractivity (Wildman–Crippen MR) is 89.6 cm³/mol. The van der Waals surface area contributed by atoms with Crippen molar-refractivity contribution in [3.05, 3.63) is 29.6 Å². The van der Waals surface area contributed by atoms with Gasteiger partial charge in [-0.05, 0) is 58.5 Å². The van der Waals surface area contributed by atoms with Crippen molar-refractivity contribution >= 4 is 11.8 Å². The fourth-order valence-corrected chi connectivity index (χ4v) is 3.95. The Labute approximate surface area is 136 Å². The summed E-state index contributed by atoms with van der Waals surface area (Å²) >= 11 is 1.80. The second-order valence-corrected chi connectivity index (χ2v) is 7.05. The van der Waals surface area contributed by atoms with Crippen molar-refractivity contribution in [1.29, 1.82) is 0 Å². The van der Waals surface area contributed by atoms with Crippen molar-refractivity contribution in [3.8, 4) is 5.82 Å². The highest BCUT2D eigenvalue weighted by atomic mass is 32.2. The maximum Gasteiger partial charge on any atom is 0.175 e. The monoisotopic (exact) mass is 317 g/mol. The Hall–Kier alpha value is -1.40. The Kier molecular flexibility index (Phi) is 4.78. The molecule has 2 aromatic heterocycles. The topological polar surface area (TPSA) is 46.8 Å². The molecule has 0 amide bonds. The molecule has 1 unspecified atom stereocenters. The number of thioether (sulfide) groups is 1. The van der Waals surface area contributed by atoms with Gasteiger partial charge in [-0.15, -0.1) is 22.0 Å². The minimum absolute atomic E-state index is 0.663. The Balaban J connectivity index is 1.63. The van der Waals surface area contributed by atoms with Crippen LogP contribution in [0.2, 0.25) is 0 Å². The summed E-state index contributed by atoms with van der Waals surface area (Å²) in [4.78, 5) is 2.47. The first-order chi connectivity index (χ1) is 10.6. The van der Waals surface area contributed by atoms with Crippen LogP contribution in [0.5, 0.6) is 0 Å². The van der Waals surface area contributed by atoms with Crippen LogP contribution in [0, 0.1) is 13.8 Å². The fourth-order valence-electron chi connectivity index (χ4n) is 2.90. The molecule has 1 aliphatic rings. The lowest BCUT2D eigenvalue weighted by atomic mass is 10.1. The zero-order valence-corrected chi connectivity index (χ0v) is 14.3. The molecule has 5 nitrogen and oxygen atoms in total. The Morgan fingerprint density at radius 3 is 2.73 bits per heavy atom. The average molecular weight is 317 g/mol. The molecule has 0 aromatic carbocycles. The number of aromatic nitrogens is 4. The van der Waals surface area contributed by atoms with Crippen LogP contribution in [0.25, 0.3) is 5.82 Å². The summed E-state index contributed by atoms with van der Waals surface area (Å²) in [5, 5.41) is 14.1. The van der Waals surface area contributed by atoms with Crippen LogP contribution in [0.3, 0.4) is 0 Å². The van der Waals surface area contributed by atoms with Gasteiger partial charge in [-0.2, -0.15) is 5.10 Å². The summed E-state index contributed by atoms with van der Waals surface area (Å²) in [6.45, 7) is 5.23. The van der Waals surface area contributed by atoms with Crippen molar-refractivity contribution in [2.75, 3.05) is 19.3 Å². The molecule has 0 saturated carbocycles. The molecular weight excluding hydrogens is 294 g/mol. The zero-order chi connectivity index (χ0) is 15.5. The molecule has 2 aromatic rings. The lowest BCUT2D eigenvalue weighted by Crippen LogP contribution is -2.37. The second-order valence-electron chi connectivity index (χ2n) is 6.01. The first-order valence-electron chi connectivity index (χ1n) is 7.84. The quantitative estimate of drug-likeness (QED) is 0.812. The molecule has 0 bridgehead atoms. The standard InChI is InChI=1S/C16H23N5S/c1-12-10-13(2)21(19-12)15-7-8-16(18-17-15)22-11-14-6-4-5-9-20(14)3/h7-8,10,14H,4-6,9,11H2,1-3H3. The molecule has 1 aliphatic heterocycles. The minimum Gasteiger partial charge on any atom is -0.303 e. The lowest BCUT2D eigenvalue weighted by molar-refractivity contribution is 0.204. The van der Waals surface area contributed by atoms with Crippen molar-refractivity contribution < 1.29 is 0 Å². The van der Waals surface area contributed by atoms with Gasteiger partial charge < -0.3 is 4.90 Å². The van der Waals surface area contributed by atoms with E-state index in [1.165, 1.54) is 25.8 Å². The van der Waals surface area contributed by atoms with Gasteiger partial charge in [0.1, 0.15) is 5.03 Å². The fraction of sp³-hybridized carbons (Fsp3) is 0.562. The van der Waals surface area contributed by atoms with Crippen molar-refractivity contribution in [3.63, 3.8) is 0 Å². The zero-order valence-electron chi connectivity index (χ0n) is 13.5. The lowest BCUT2D eigenvalue weighted by Gasteiger charge is -2.31. The average Bonchev–Trinajstić information content (AvgIpc) is 2.86. The first kappa shape index (κ1) is 15.5. The number of piperidine rings is 1. The molecule has 118 valence electrons. The van der Waals surface area contributed by atoms with Gasteiger partial charge in [0.25, 0.3) is 0 Å². The highest BCUT2D eigenvalue weighted by Crippen LogP contribution is 2.23. The predicted octanol–water partition coefficient (Wildman–Crippen LogP) is 2.86. The van der Waals surface area contributed by atoms with E-state index in [9.17, 15) is 0 Å². The molecule has 1 saturated heterocycles. The minimum atomic E-state index is 0.663. The van der Waals surface area contributed by atoms with Crippen LogP contribution in [0.15, 0.2) is 23.2 Å². The summed E-state index contributed by atoms with van der Waals surface area (Å²) in [6.07, 6.45) is 3.97. The van der Waals surface area contributed by atoms with Crippen molar-refractivity contribution in [2.24, 2.45) is 0 Å². The number of rotatable bonds is 4. The van der Waals surface area contributed by atoms with Gasteiger partial charge in [0.15, 0.2) is 5.82 Å². The van der Waals surface area contributed by atoms with Gasteiger partial charge >= 0.3 is 0 Å². The smallest absolute Gasteiger partial charge is 0.175 e. The van der Waals surface area contributed by atoms with Gasteiger partial charge in [0.2, 0.25) is 0 Å². The molecule has 3 rings (SSSR count). The summed E-state index contributed by atoms with van der Waals surface area (Å²) in [7, 11) is 2.22. The number of hydrogen-bond acceptors (Lipinski definition) is 5. The number of nitrogens with zero attached hydrogens (tertiary/aromatic N) is 5. The number of hydrogen-bond donors (Lipinski definition) is 0. The van der Waals surface area contributed by atoms with Crippen LogP contribution in [-0.4, -0.2) is 50.3 Å². The third kappa shape index (κ3) is 3.50. The van der Waals surface area contributed by atoms with Crippen molar-refractivity contribution in [1.82, 2.24) is 24.9 Å². The van der Waals surface area contributed by atoms with E-state index < -0.39 is 0 Å². The Bertz CT molecular complexity index is 622. The van der Waals surface area contributed by atoms with Crippen LogP contribution in [0.4, 0.5) is 0 Å². The maximum atomic E-state index is 4.44. The van der Waals surface area contributed by atoms with E-state index in [4.69, 9.17) is 0 Å². The molecule has 0 radical (unpaired) electrons. The SMILES string of the molecule is Cc1cc(C)n(-c2ccc(SCC3CCCCN3C)nn2)n1. The normalized spacial score (nSPS) is 19.5. The van der Waals surface area contributed by atoms with Gasteiger partial charge in [-0.25, -0.2) is 4.68 Å². The Morgan fingerprint density at radius 1 is 1.23 bits per heavy atom. The first-order valence-corrected chi connectivity index (χ1v) is 8.82. The van der Waals surface area contributed by atoms with Gasteiger partial charge in [-0.3, -0.25) is 0 Å². The second kappa shape index (κ2) is 6.79. The van der Waals surface area contributed by atoms with E-state index in [0.29, 0.717) is 6.04 Å². The summed E-state index contributed by atoms with van der Waals surface area (Å²) < 4.78 is 1.84. The number of likely N-dealkylation sites (tertiary alicyclic amines) is 1. The van der Waals surface area contributed by atoms with E-state index in [-0.39, 0.29) is 0 Å². The summed E-state index contributed by atoms with van der Waals surface area (Å²) in [5.41, 5.74) is 2.08. The van der Waals surface area contributed by atoms with Crippen LogP contribution >= 0.6 is 11.8 Å². The molecule has 1 atom stereocenters. The van der Waals surface area contributed by atoms with Crippen molar-refractivity contribution in [2.45, 2.75) is 44.2 Å². The summed E-state index contributed by atoms with van der Waals surface area (Å²) in [5.74, 6) is 1.87. The number of aryl methyl sites for hydroxylation is 2. The summed E-state index contributed by atoms with van der Waals surface area (Å²) in [6, 6.07) is 6.76. The molecule has 0 spiro atoms. The Morgan fingerprint density at radius 2 is 2.09 bits per heavy atom. The third-order valence-electron chi connectivity index (χ3n) is 4.20. The van der Waals surface area contributed by atoms with Crippen LogP contribution in [-0.2, 0) is 0 Å². The highest BCUT2D eigenvalue weighted by molar-refractivity contribution is 7.99. The van der Waals surface area contributed by atoms with E-state index >= 15 is 0 Å². The molecule has 6 heteroatoms. The molecule has 3 heterocycles. The largest absolute Gasteiger partial charge is 0.303 e. The van der Waals surface area contributed by atoms with Gasteiger partial charge in [0, 0.05) is 17.5 Å². The molecule has 0 N–H and O–H groups in total. The molecular formula is C16H23N5S. The molecule has 22 heavy (non-hydrogen) atoms.